The van der Waals surface area contributed by atoms with Crippen molar-refractivity contribution in [3.8, 4) is 23.1 Å². The van der Waals surface area contributed by atoms with Gasteiger partial charge in [-0.05, 0) is 42.5 Å². The van der Waals surface area contributed by atoms with Gasteiger partial charge in [-0.25, -0.2) is 14.2 Å². The van der Waals surface area contributed by atoms with Crippen LogP contribution in [0, 0.1) is 11.2 Å². The Morgan fingerprint density at radius 3 is 2.36 bits per heavy atom. The summed E-state index contributed by atoms with van der Waals surface area (Å²) in [5, 5.41) is 32.5. The van der Waals surface area contributed by atoms with E-state index in [1.165, 1.54) is 44.7 Å². The Hall–Kier alpha value is -5.40. The fraction of sp³-hybridized carbons (Fsp3) is 0.160. The van der Waals surface area contributed by atoms with Gasteiger partial charge in [0, 0.05) is 36.0 Å². The minimum atomic E-state index is -1.00. The van der Waals surface area contributed by atoms with Crippen LogP contribution in [0.1, 0.15) is 29.9 Å². The number of methoxy groups -OCH3 is 2. The van der Waals surface area contributed by atoms with Crippen LogP contribution >= 0.6 is 0 Å². The number of ether oxygens (including phenoxy) is 2. The summed E-state index contributed by atoms with van der Waals surface area (Å²) in [7, 11) is 2.81. The number of aromatic hydroxyl groups is 1. The van der Waals surface area contributed by atoms with E-state index in [9.17, 15) is 9.90 Å². The van der Waals surface area contributed by atoms with Crippen LogP contribution < -0.4 is 26.2 Å². The molecule has 1 unspecified atom stereocenters. The number of carboxylic acid groups (broad SMARTS) is 1. The number of carboxylic acids is 1. The minimum Gasteiger partial charge on any atom is -0.504 e. The van der Waals surface area contributed by atoms with Crippen molar-refractivity contribution in [3.05, 3.63) is 88.0 Å². The quantitative estimate of drug-likeness (QED) is 0.143. The van der Waals surface area contributed by atoms with Crippen molar-refractivity contribution in [2.75, 3.05) is 19.5 Å². The average molecular weight is 540 g/mol. The number of anilines is 1. The second-order valence-electron chi connectivity index (χ2n) is 7.89. The van der Waals surface area contributed by atoms with Crippen molar-refractivity contribution in [2.45, 2.75) is 13.0 Å². The zero-order chi connectivity index (χ0) is 28.7. The number of nitrogens with one attached hydrogen (secondary N) is 3. The van der Waals surface area contributed by atoms with Gasteiger partial charge in [0.05, 0.1) is 14.2 Å². The van der Waals surface area contributed by atoms with E-state index in [4.69, 9.17) is 30.5 Å². The van der Waals surface area contributed by atoms with Crippen molar-refractivity contribution < 1.29 is 28.9 Å². The Morgan fingerprint density at radius 1 is 1.18 bits per heavy atom. The van der Waals surface area contributed by atoms with E-state index in [0.717, 1.165) is 11.6 Å². The highest BCUT2D eigenvalue weighted by molar-refractivity contribution is 5.95. The van der Waals surface area contributed by atoms with Crippen LogP contribution in [0.15, 0.2) is 59.5 Å². The van der Waals surface area contributed by atoms with E-state index >= 15 is 4.39 Å². The smallest absolute Gasteiger partial charge is 0.349 e. The summed E-state index contributed by atoms with van der Waals surface area (Å²) in [5.41, 5.74) is 5.98. The highest BCUT2D eigenvalue weighted by Crippen LogP contribution is 2.35. The first-order valence-electron chi connectivity index (χ1n) is 11.2. The van der Waals surface area contributed by atoms with Crippen LogP contribution in [0.2, 0.25) is 0 Å². The lowest BCUT2D eigenvalue weighted by atomic mass is 10.0. The lowest BCUT2D eigenvalue weighted by Crippen LogP contribution is -2.17. The van der Waals surface area contributed by atoms with E-state index < -0.39 is 23.5 Å². The molecule has 13 nitrogen and oxygen atoms in total. The summed E-state index contributed by atoms with van der Waals surface area (Å²) in [6, 6.07) is 11.0. The number of nitrogens with two attached hydrogens (primary N) is 1. The number of pyridine rings is 1. The number of hydrogen-bond acceptors (Lipinski definition) is 9. The topological polar surface area (TPSA) is 201 Å². The number of aromatic amines is 1. The molecule has 14 heteroatoms. The number of aliphatic carboxylic acids is 1. The van der Waals surface area contributed by atoms with E-state index in [2.05, 4.69) is 20.4 Å². The standard InChI is InChI=1S/C23H22FN7O4.C2H4O2/c1-34-17-10-14(15(24)11-18(17)35-2)19(28-13-7-5-12(6-8-13)20(25)26)21-29-23(33)31(30-21)22-16(32)4-3-9-27-22;1-2(3)4/h3-11,19,28,32H,1-2H3,(H3,25,26)(H,29,30,33);1H3,(H,3,4). The maximum Gasteiger partial charge on any atom is 0.349 e. The van der Waals surface area contributed by atoms with Crippen molar-refractivity contribution in [2.24, 2.45) is 5.73 Å². The van der Waals surface area contributed by atoms with Gasteiger partial charge < -0.3 is 30.7 Å². The Balaban J connectivity index is 0.000000983. The van der Waals surface area contributed by atoms with Gasteiger partial charge in [-0.3, -0.25) is 15.2 Å². The molecule has 0 amide bonds. The van der Waals surface area contributed by atoms with Crippen LogP contribution in [0.5, 0.6) is 17.2 Å². The number of carbonyl (C=O) groups is 1. The third-order valence-corrected chi connectivity index (χ3v) is 5.20. The van der Waals surface area contributed by atoms with Crippen molar-refractivity contribution >= 4 is 17.5 Å². The summed E-state index contributed by atoms with van der Waals surface area (Å²) < 4.78 is 26.6. The van der Waals surface area contributed by atoms with Gasteiger partial charge in [0.15, 0.2) is 23.1 Å². The number of hydrogen-bond donors (Lipinski definition) is 6. The largest absolute Gasteiger partial charge is 0.504 e. The third kappa shape index (κ3) is 6.68. The summed E-state index contributed by atoms with van der Waals surface area (Å²) >= 11 is 0. The van der Waals surface area contributed by atoms with Crippen LogP contribution in [-0.2, 0) is 4.79 Å². The van der Waals surface area contributed by atoms with E-state index in [1.807, 2.05) is 0 Å². The molecule has 204 valence electrons. The van der Waals surface area contributed by atoms with Crippen LogP contribution in [-0.4, -0.2) is 56.0 Å². The molecule has 0 fully saturated rings. The number of H-pyrrole nitrogens is 1. The zero-order valence-electron chi connectivity index (χ0n) is 21.1. The Kier molecular flexibility index (Phi) is 8.83. The monoisotopic (exact) mass is 539 g/mol. The Labute approximate surface area is 221 Å². The molecule has 4 aromatic rings. The normalized spacial score (nSPS) is 11.1. The molecule has 0 saturated carbocycles. The molecule has 0 radical (unpaired) electrons. The molecule has 39 heavy (non-hydrogen) atoms. The van der Waals surface area contributed by atoms with Crippen molar-refractivity contribution in [3.63, 3.8) is 0 Å². The van der Waals surface area contributed by atoms with Crippen molar-refractivity contribution in [1.82, 2.24) is 19.7 Å². The number of rotatable bonds is 8. The molecule has 0 spiro atoms. The molecular formula is C25H26FN7O6. The number of nitrogens with zero attached hydrogens (tertiary/aromatic N) is 3. The highest BCUT2D eigenvalue weighted by Gasteiger charge is 2.26. The molecule has 2 aromatic heterocycles. The number of halogens is 1. The number of benzene rings is 2. The summed E-state index contributed by atoms with van der Waals surface area (Å²) in [5.74, 6) is -1.41. The van der Waals surface area contributed by atoms with Gasteiger partial charge in [0.25, 0.3) is 5.97 Å². The van der Waals surface area contributed by atoms with Gasteiger partial charge in [0.1, 0.15) is 17.7 Å². The Morgan fingerprint density at radius 2 is 1.79 bits per heavy atom. The zero-order valence-corrected chi connectivity index (χ0v) is 21.1. The molecular weight excluding hydrogens is 513 g/mol. The second-order valence-corrected chi connectivity index (χ2v) is 7.89. The number of aromatic nitrogens is 4. The van der Waals surface area contributed by atoms with Crippen molar-refractivity contribution in [1.29, 1.82) is 5.41 Å². The van der Waals surface area contributed by atoms with E-state index in [-0.39, 0.29) is 40.3 Å². The average Bonchev–Trinajstić information content (AvgIpc) is 3.28. The summed E-state index contributed by atoms with van der Waals surface area (Å²) in [4.78, 5) is 28.3. The maximum atomic E-state index is 15.3. The van der Waals surface area contributed by atoms with Crippen LogP contribution in [0.3, 0.4) is 0 Å². The predicted molar refractivity (Wildman–Crippen MR) is 139 cm³/mol. The fourth-order valence-electron chi connectivity index (χ4n) is 3.46. The lowest BCUT2D eigenvalue weighted by molar-refractivity contribution is -0.134. The first-order chi connectivity index (χ1) is 18.5. The number of amidine groups is 1. The SMILES string of the molecule is CC(=O)O.COc1cc(F)c(C(Nc2ccc(C(=N)N)cc2)c2nn(-c3ncccc3O)c(=O)[nH]2)cc1OC. The summed E-state index contributed by atoms with van der Waals surface area (Å²) in [6.45, 7) is 1.08. The predicted octanol–water partition coefficient (Wildman–Crippen LogP) is 2.39. The molecule has 0 aliphatic rings. The molecule has 2 aromatic carbocycles. The highest BCUT2D eigenvalue weighted by atomic mass is 19.1. The molecule has 0 bridgehead atoms. The summed E-state index contributed by atoms with van der Waals surface area (Å²) in [6.07, 6.45) is 1.40. The Bertz CT molecular complexity index is 1530. The van der Waals surface area contributed by atoms with Gasteiger partial charge >= 0.3 is 5.69 Å². The van der Waals surface area contributed by atoms with Crippen LogP contribution in [0.4, 0.5) is 10.1 Å². The lowest BCUT2D eigenvalue weighted by Gasteiger charge is -2.20. The molecule has 7 N–H and O–H groups in total. The molecule has 1 atom stereocenters. The first-order valence-corrected chi connectivity index (χ1v) is 11.2. The number of nitrogen functional groups attached to an aromatic ring is 1. The molecule has 4 rings (SSSR count). The van der Waals surface area contributed by atoms with E-state index in [1.54, 1.807) is 24.3 Å². The fourth-order valence-corrected chi connectivity index (χ4v) is 3.46. The maximum absolute atomic E-state index is 15.3. The molecule has 0 aliphatic heterocycles. The molecule has 2 heterocycles. The first kappa shape index (κ1) is 28.2. The van der Waals surface area contributed by atoms with Gasteiger partial charge in [-0.1, -0.05) is 0 Å². The van der Waals surface area contributed by atoms with Gasteiger partial charge in [-0.15, -0.1) is 5.10 Å². The molecule has 0 saturated heterocycles. The van der Waals surface area contributed by atoms with E-state index in [0.29, 0.717) is 11.3 Å². The van der Waals surface area contributed by atoms with Crippen LogP contribution in [0.25, 0.3) is 5.82 Å². The second kappa shape index (κ2) is 12.2. The van der Waals surface area contributed by atoms with Gasteiger partial charge in [0.2, 0.25) is 5.82 Å². The molecule has 0 aliphatic carbocycles. The third-order valence-electron chi connectivity index (χ3n) is 5.20. The van der Waals surface area contributed by atoms with Gasteiger partial charge in [-0.2, -0.15) is 4.68 Å². The minimum absolute atomic E-state index is 0.0433.